The number of aromatic nitrogens is 2. The Hall–Kier alpha value is -2.43. The summed E-state index contributed by atoms with van der Waals surface area (Å²) in [5, 5.41) is 0. The number of carbonyl (C=O) groups is 1. The summed E-state index contributed by atoms with van der Waals surface area (Å²) < 4.78 is 0. The maximum Gasteiger partial charge on any atom is 0.222 e. The highest BCUT2D eigenvalue weighted by Crippen LogP contribution is 2.26. The molecule has 0 atom stereocenters. The summed E-state index contributed by atoms with van der Waals surface area (Å²) in [7, 11) is 0. The number of benzene rings is 1. The van der Waals surface area contributed by atoms with Crippen molar-refractivity contribution in [1.29, 1.82) is 0 Å². The van der Waals surface area contributed by atoms with Gasteiger partial charge in [-0.15, -0.1) is 0 Å². The molecule has 0 unspecified atom stereocenters. The molecule has 0 aliphatic carbocycles. The molecular weight excluding hydrogens is 336 g/mol. The van der Waals surface area contributed by atoms with Crippen molar-refractivity contribution in [2.45, 2.75) is 47.5 Å². The van der Waals surface area contributed by atoms with E-state index in [0.29, 0.717) is 6.42 Å². The molecule has 2 aromatic rings. The Morgan fingerprint density at radius 2 is 1.74 bits per heavy atom. The van der Waals surface area contributed by atoms with E-state index in [1.807, 2.05) is 18.7 Å². The highest BCUT2D eigenvalue weighted by atomic mass is 16.2. The highest BCUT2D eigenvalue weighted by molar-refractivity contribution is 5.76. The first-order chi connectivity index (χ1) is 12.9. The molecule has 2 heterocycles. The quantitative estimate of drug-likeness (QED) is 0.832. The van der Waals surface area contributed by atoms with Crippen molar-refractivity contribution < 1.29 is 4.79 Å². The molecule has 1 fully saturated rings. The minimum atomic E-state index is 0.236. The van der Waals surface area contributed by atoms with Gasteiger partial charge in [-0.2, -0.15) is 0 Å². The Kier molecular flexibility index (Phi) is 5.78. The third kappa shape index (κ3) is 4.29. The number of hydrogen-bond donors (Lipinski definition) is 0. The van der Waals surface area contributed by atoms with Crippen LogP contribution in [0, 0.1) is 27.7 Å². The number of carbonyl (C=O) groups excluding carboxylic acids is 1. The van der Waals surface area contributed by atoms with Gasteiger partial charge in [-0.05, 0) is 38.8 Å². The van der Waals surface area contributed by atoms with Crippen molar-refractivity contribution in [3.8, 4) is 0 Å². The van der Waals surface area contributed by atoms with Crippen LogP contribution in [-0.4, -0.2) is 47.0 Å². The normalized spacial score (nSPS) is 14.6. The van der Waals surface area contributed by atoms with Gasteiger partial charge in [0.2, 0.25) is 5.91 Å². The molecule has 0 bridgehead atoms. The van der Waals surface area contributed by atoms with E-state index in [4.69, 9.17) is 4.98 Å². The molecule has 1 aliphatic heterocycles. The van der Waals surface area contributed by atoms with Gasteiger partial charge in [0.05, 0.1) is 0 Å². The Bertz CT molecular complexity index is 838. The molecule has 1 aromatic carbocycles. The van der Waals surface area contributed by atoms with Crippen LogP contribution in [0.1, 0.15) is 47.1 Å². The molecule has 0 spiro atoms. The van der Waals surface area contributed by atoms with Gasteiger partial charge < -0.3 is 9.80 Å². The fraction of sp³-hybridized carbons (Fsp3) is 0.500. The van der Waals surface area contributed by atoms with Crippen molar-refractivity contribution in [1.82, 2.24) is 14.9 Å². The Labute approximate surface area is 162 Å². The van der Waals surface area contributed by atoms with Crippen molar-refractivity contribution >= 4 is 11.7 Å². The molecule has 27 heavy (non-hydrogen) atoms. The Morgan fingerprint density at radius 3 is 2.41 bits per heavy atom. The molecule has 1 amide bonds. The average molecular weight is 367 g/mol. The summed E-state index contributed by atoms with van der Waals surface area (Å²) >= 11 is 0. The summed E-state index contributed by atoms with van der Waals surface area (Å²) in [5.41, 5.74) is 6.14. The fourth-order valence-corrected chi connectivity index (χ4v) is 3.76. The average Bonchev–Trinajstić information content (AvgIpc) is 2.66. The van der Waals surface area contributed by atoms with Gasteiger partial charge in [-0.1, -0.05) is 30.7 Å². The second-order valence-corrected chi connectivity index (χ2v) is 7.49. The molecule has 3 rings (SSSR count). The Balaban J connectivity index is 1.90. The van der Waals surface area contributed by atoms with E-state index in [1.54, 1.807) is 0 Å². The molecule has 5 nitrogen and oxygen atoms in total. The third-order valence-electron chi connectivity index (χ3n) is 5.41. The second kappa shape index (κ2) is 8.07. The monoisotopic (exact) mass is 366 g/mol. The minimum Gasteiger partial charge on any atom is -0.353 e. The van der Waals surface area contributed by atoms with Crippen LogP contribution in [0.5, 0.6) is 0 Å². The van der Waals surface area contributed by atoms with E-state index in [0.717, 1.165) is 49.9 Å². The number of nitrogens with zero attached hydrogens (tertiary/aromatic N) is 4. The van der Waals surface area contributed by atoms with E-state index >= 15 is 0 Å². The predicted molar refractivity (Wildman–Crippen MR) is 109 cm³/mol. The zero-order valence-electron chi connectivity index (χ0n) is 17.2. The first kappa shape index (κ1) is 19.3. The maximum absolute atomic E-state index is 12.0. The number of anilines is 1. The molecule has 1 aromatic heterocycles. The van der Waals surface area contributed by atoms with Gasteiger partial charge in [0.1, 0.15) is 11.6 Å². The van der Waals surface area contributed by atoms with Crippen LogP contribution in [0.4, 0.5) is 5.82 Å². The summed E-state index contributed by atoms with van der Waals surface area (Å²) in [5.74, 6) is 2.07. The van der Waals surface area contributed by atoms with E-state index in [2.05, 4.69) is 48.9 Å². The van der Waals surface area contributed by atoms with Crippen molar-refractivity contribution in [2.75, 3.05) is 31.1 Å². The van der Waals surface area contributed by atoms with Crippen molar-refractivity contribution in [3.63, 3.8) is 0 Å². The lowest BCUT2D eigenvalue weighted by Crippen LogP contribution is -2.49. The van der Waals surface area contributed by atoms with Crippen LogP contribution in [0.15, 0.2) is 18.2 Å². The van der Waals surface area contributed by atoms with E-state index in [-0.39, 0.29) is 5.91 Å². The van der Waals surface area contributed by atoms with Crippen molar-refractivity contribution in [3.05, 3.63) is 52.0 Å². The highest BCUT2D eigenvalue weighted by Gasteiger charge is 2.24. The molecule has 144 valence electrons. The molecule has 0 saturated carbocycles. The number of rotatable bonds is 4. The fourth-order valence-electron chi connectivity index (χ4n) is 3.76. The van der Waals surface area contributed by atoms with Crippen LogP contribution >= 0.6 is 0 Å². The van der Waals surface area contributed by atoms with Crippen LogP contribution in [-0.2, 0) is 11.2 Å². The summed E-state index contributed by atoms with van der Waals surface area (Å²) in [6, 6.07) is 6.60. The van der Waals surface area contributed by atoms with Gasteiger partial charge in [-0.3, -0.25) is 4.79 Å². The van der Waals surface area contributed by atoms with Crippen LogP contribution in [0.3, 0.4) is 0 Å². The molecule has 5 heteroatoms. The number of aryl methyl sites for hydroxylation is 4. The van der Waals surface area contributed by atoms with Crippen LogP contribution < -0.4 is 4.90 Å². The predicted octanol–water partition coefficient (Wildman–Crippen LogP) is 3.36. The smallest absolute Gasteiger partial charge is 0.222 e. The zero-order chi connectivity index (χ0) is 19.6. The third-order valence-corrected chi connectivity index (χ3v) is 5.41. The molecular formula is C22H30N4O. The largest absolute Gasteiger partial charge is 0.353 e. The standard InChI is InChI=1S/C22H30N4O/c1-6-21(27)25-9-11-26(12-10-25)22-20(17(4)23-18(5)24-22)14-19-13-15(2)7-8-16(19)3/h7-8,13H,6,9-12,14H2,1-5H3. The Morgan fingerprint density at radius 1 is 1.04 bits per heavy atom. The number of hydrogen-bond acceptors (Lipinski definition) is 4. The van der Waals surface area contributed by atoms with Gasteiger partial charge in [-0.25, -0.2) is 9.97 Å². The topological polar surface area (TPSA) is 49.3 Å². The summed E-state index contributed by atoms with van der Waals surface area (Å²) in [6.07, 6.45) is 1.41. The molecule has 0 N–H and O–H groups in total. The number of amides is 1. The van der Waals surface area contributed by atoms with Crippen LogP contribution in [0.2, 0.25) is 0 Å². The van der Waals surface area contributed by atoms with E-state index in [1.165, 1.54) is 22.3 Å². The van der Waals surface area contributed by atoms with Crippen molar-refractivity contribution in [2.24, 2.45) is 0 Å². The first-order valence-corrected chi connectivity index (χ1v) is 9.82. The first-order valence-electron chi connectivity index (χ1n) is 9.82. The molecule has 1 saturated heterocycles. The van der Waals surface area contributed by atoms with Crippen LogP contribution in [0.25, 0.3) is 0 Å². The molecule has 1 aliphatic rings. The maximum atomic E-state index is 12.0. The lowest BCUT2D eigenvalue weighted by atomic mass is 9.97. The lowest BCUT2D eigenvalue weighted by molar-refractivity contribution is -0.131. The van der Waals surface area contributed by atoms with E-state index < -0.39 is 0 Å². The number of piperazine rings is 1. The lowest BCUT2D eigenvalue weighted by Gasteiger charge is -2.36. The van der Waals surface area contributed by atoms with Gasteiger partial charge >= 0.3 is 0 Å². The van der Waals surface area contributed by atoms with E-state index in [9.17, 15) is 4.79 Å². The van der Waals surface area contributed by atoms with Gasteiger partial charge in [0, 0.05) is 50.3 Å². The van der Waals surface area contributed by atoms with Gasteiger partial charge in [0.15, 0.2) is 0 Å². The zero-order valence-corrected chi connectivity index (χ0v) is 17.2. The summed E-state index contributed by atoms with van der Waals surface area (Å²) in [6.45, 7) is 13.4. The van der Waals surface area contributed by atoms with Gasteiger partial charge in [0.25, 0.3) is 0 Å². The minimum absolute atomic E-state index is 0.236. The second-order valence-electron chi connectivity index (χ2n) is 7.49. The molecule has 0 radical (unpaired) electrons. The SMILES string of the molecule is CCC(=O)N1CCN(c2nc(C)nc(C)c2Cc2cc(C)ccc2C)CC1. The summed E-state index contributed by atoms with van der Waals surface area (Å²) in [4.78, 5) is 25.7.